The summed E-state index contributed by atoms with van der Waals surface area (Å²) in [6.45, 7) is 3.56. The molecule has 136 valence electrons. The van der Waals surface area contributed by atoms with Gasteiger partial charge < -0.3 is 13.6 Å². The van der Waals surface area contributed by atoms with Crippen molar-refractivity contribution in [1.82, 2.24) is 10.2 Å². The summed E-state index contributed by atoms with van der Waals surface area (Å²) in [4.78, 5) is 12.7. The van der Waals surface area contributed by atoms with Crippen molar-refractivity contribution in [3.8, 4) is 11.5 Å². The number of aryl methyl sites for hydroxylation is 2. The van der Waals surface area contributed by atoms with Crippen LogP contribution in [0.5, 0.6) is 0 Å². The fourth-order valence-corrected chi connectivity index (χ4v) is 3.09. The van der Waals surface area contributed by atoms with Crippen LogP contribution in [0.2, 0.25) is 0 Å². The van der Waals surface area contributed by atoms with Gasteiger partial charge in [-0.1, -0.05) is 0 Å². The first-order chi connectivity index (χ1) is 12.5. The van der Waals surface area contributed by atoms with Gasteiger partial charge in [-0.05, 0) is 44.2 Å². The second-order valence-electron chi connectivity index (χ2n) is 5.54. The normalized spacial score (nSPS) is 10.9. The van der Waals surface area contributed by atoms with E-state index in [2.05, 4.69) is 10.2 Å². The van der Waals surface area contributed by atoms with Crippen LogP contribution in [-0.2, 0) is 16.1 Å². The third kappa shape index (κ3) is 4.72. The molecule has 0 spiro atoms. The SMILES string of the molecule is Cc1cc(-c2nnc(COC(=O)CCSc3ccc(F)cc3)o2)c(C)o1. The van der Waals surface area contributed by atoms with Crippen molar-refractivity contribution >= 4 is 17.7 Å². The molecule has 0 fully saturated rings. The molecule has 0 bridgehead atoms. The predicted molar refractivity (Wildman–Crippen MR) is 93.0 cm³/mol. The Bertz CT molecular complexity index is 889. The Labute approximate surface area is 153 Å². The van der Waals surface area contributed by atoms with Crippen molar-refractivity contribution in [2.45, 2.75) is 31.8 Å². The van der Waals surface area contributed by atoms with Crippen LogP contribution in [0.1, 0.15) is 23.8 Å². The van der Waals surface area contributed by atoms with E-state index in [-0.39, 0.29) is 30.7 Å². The summed E-state index contributed by atoms with van der Waals surface area (Å²) in [5.41, 5.74) is 0.725. The minimum absolute atomic E-state index is 0.0804. The smallest absolute Gasteiger partial charge is 0.307 e. The number of aromatic nitrogens is 2. The highest BCUT2D eigenvalue weighted by atomic mass is 32.2. The first kappa shape index (κ1) is 18.2. The molecule has 0 saturated heterocycles. The van der Waals surface area contributed by atoms with Crippen molar-refractivity contribution in [2.24, 2.45) is 0 Å². The number of furan rings is 1. The number of thioether (sulfide) groups is 1. The van der Waals surface area contributed by atoms with E-state index in [9.17, 15) is 9.18 Å². The van der Waals surface area contributed by atoms with Crippen molar-refractivity contribution in [3.63, 3.8) is 0 Å². The summed E-state index contributed by atoms with van der Waals surface area (Å²) < 4.78 is 28.9. The lowest BCUT2D eigenvalue weighted by atomic mass is 10.2. The average molecular weight is 376 g/mol. The van der Waals surface area contributed by atoms with Gasteiger partial charge in [0.1, 0.15) is 17.3 Å². The standard InChI is InChI=1S/C18H17FN2O4S/c1-11-9-15(12(2)24-11)18-21-20-16(25-18)10-23-17(22)7-8-26-14-5-3-13(19)4-6-14/h3-6,9H,7-8,10H2,1-2H3. The zero-order valence-electron chi connectivity index (χ0n) is 14.3. The van der Waals surface area contributed by atoms with Gasteiger partial charge in [0.2, 0.25) is 0 Å². The van der Waals surface area contributed by atoms with Crippen LogP contribution < -0.4 is 0 Å². The molecule has 3 aromatic rings. The van der Waals surface area contributed by atoms with E-state index in [0.717, 1.165) is 16.2 Å². The van der Waals surface area contributed by atoms with Crippen molar-refractivity contribution in [3.05, 3.63) is 53.6 Å². The van der Waals surface area contributed by atoms with Gasteiger partial charge in [-0.3, -0.25) is 4.79 Å². The number of benzene rings is 1. The van der Waals surface area contributed by atoms with Crippen LogP contribution in [0, 0.1) is 19.7 Å². The molecule has 2 heterocycles. The lowest BCUT2D eigenvalue weighted by Crippen LogP contribution is -2.05. The summed E-state index contributed by atoms with van der Waals surface area (Å²) in [5, 5.41) is 7.82. The lowest BCUT2D eigenvalue weighted by Gasteiger charge is -2.02. The zero-order chi connectivity index (χ0) is 18.5. The fourth-order valence-electron chi connectivity index (χ4n) is 2.26. The molecule has 1 aromatic carbocycles. The van der Waals surface area contributed by atoms with Gasteiger partial charge in [0.25, 0.3) is 11.8 Å². The van der Waals surface area contributed by atoms with Gasteiger partial charge in [0.05, 0.1) is 12.0 Å². The minimum Gasteiger partial charge on any atom is -0.466 e. The van der Waals surface area contributed by atoms with E-state index in [0.29, 0.717) is 17.4 Å². The van der Waals surface area contributed by atoms with E-state index >= 15 is 0 Å². The quantitative estimate of drug-likeness (QED) is 0.449. The number of ether oxygens (including phenoxy) is 1. The number of esters is 1. The third-order valence-electron chi connectivity index (χ3n) is 3.48. The second-order valence-corrected chi connectivity index (χ2v) is 6.71. The van der Waals surface area contributed by atoms with Crippen LogP contribution >= 0.6 is 11.8 Å². The molecule has 0 radical (unpaired) electrons. The fraction of sp³-hybridized carbons (Fsp3) is 0.278. The molecule has 26 heavy (non-hydrogen) atoms. The number of nitrogens with zero attached hydrogens (tertiary/aromatic N) is 2. The van der Waals surface area contributed by atoms with Gasteiger partial charge in [-0.2, -0.15) is 0 Å². The topological polar surface area (TPSA) is 78.4 Å². The molecule has 0 atom stereocenters. The Balaban J connectivity index is 1.44. The Morgan fingerprint density at radius 3 is 2.65 bits per heavy atom. The molecule has 0 aliphatic carbocycles. The third-order valence-corrected chi connectivity index (χ3v) is 4.50. The summed E-state index contributed by atoms with van der Waals surface area (Å²) >= 11 is 1.46. The molecule has 8 heteroatoms. The van der Waals surface area contributed by atoms with Crippen LogP contribution in [0.4, 0.5) is 4.39 Å². The Morgan fingerprint density at radius 1 is 1.19 bits per heavy atom. The van der Waals surface area contributed by atoms with Gasteiger partial charge in [-0.25, -0.2) is 4.39 Å². The largest absolute Gasteiger partial charge is 0.466 e. The number of rotatable bonds is 7. The molecule has 0 amide bonds. The van der Waals surface area contributed by atoms with E-state index in [1.165, 1.54) is 23.9 Å². The summed E-state index contributed by atoms with van der Waals surface area (Å²) in [6.07, 6.45) is 0.225. The van der Waals surface area contributed by atoms with Crippen LogP contribution in [0.25, 0.3) is 11.5 Å². The monoisotopic (exact) mass is 376 g/mol. The Morgan fingerprint density at radius 2 is 1.96 bits per heavy atom. The Kier molecular flexibility index (Phi) is 5.72. The number of carbonyl (C=O) groups excluding carboxylic acids is 1. The maximum atomic E-state index is 12.8. The highest BCUT2D eigenvalue weighted by Gasteiger charge is 2.15. The van der Waals surface area contributed by atoms with E-state index in [4.69, 9.17) is 13.6 Å². The van der Waals surface area contributed by atoms with Crippen LogP contribution in [-0.4, -0.2) is 21.9 Å². The number of halogens is 1. The molecule has 2 aromatic heterocycles. The predicted octanol–water partition coefficient (Wildman–Crippen LogP) is 4.31. The zero-order valence-corrected chi connectivity index (χ0v) is 15.1. The van der Waals surface area contributed by atoms with Crippen molar-refractivity contribution < 1.29 is 22.8 Å². The first-order valence-corrected chi connectivity index (χ1v) is 8.93. The second kappa shape index (κ2) is 8.18. The van der Waals surface area contributed by atoms with E-state index in [1.54, 1.807) is 12.1 Å². The van der Waals surface area contributed by atoms with Crippen LogP contribution in [0.3, 0.4) is 0 Å². The number of carbonyl (C=O) groups is 1. The number of hydrogen-bond acceptors (Lipinski definition) is 7. The molecular formula is C18H17FN2O4S. The first-order valence-electron chi connectivity index (χ1n) is 7.95. The minimum atomic E-state index is -0.366. The molecule has 0 saturated carbocycles. The number of hydrogen-bond donors (Lipinski definition) is 0. The van der Waals surface area contributed by atoms with E-state index in [1.807, 2.05) is 19.9 Å². The summed E-state index contributed by atoms with van der Waals surface area (Å²) in [5.74, 6) is 1.88. The van der Waals surface area contributed by atoms with Gasteiger partial charge in [0, 0.05) is 10.6 Å². The summed E-state index contributed by atoms with van der Waals surface area (Å²) in [6, 6.07) is 7.93. The molecule has 3 rings (SSSR count). The highest BCUT2D eigenvalue weighted by Crippen LogP contribution is 2.25. The van der Waals surface area contributed by atoms with Crippen LogP contribution in [0.15, 0.2) is 44.1 Å². The molecule has 0 unspecified atom stereocenters. The molecule has 0 aliphatic rings. The molecule has 0 aliphatic heterocycles. The lowest BCUT2D eigenvalue weighted by molar-refractivity contribution is -0.145. The van der Waals surface area contributed by atoms with Gasteiger partial charge in [-0.15, -0.1) is 22.0 Å². The van der Waals surface area contributed by atoms with Crippen molar-refractivity contribution in [1.29, 1.82) is 0 Å². The van der Waals surface area contributed by atoms with Gasteiger partial charge in [0.15, 0.2) is 6.61 Å². The maximum Gasteiger partial charge on any atom is 0.307 e. The average Bonchev–Trinajstić information content (AvgIpc) is 3.20. The highest BCUT2D eigenvalue weighted by molar-refractivity contribution is 7.99. The maximum absolute atomic E-state index is 12.8. The van der Waals surface area contributed by atoms with Crippen molar-refractivity contribution in [2.75, 3.05) is 5.75 Å². The molecule has 0 N–H and O–H groups in total. The Hall–Kier alpha value is -2.61. The van der Waals surface area contributed by atoms with E-state index < -0.39 is 0 Å². The molecular weight excluding hydrogens is 359 g/mol. The van der Waals surface area contributed by atoms with Gasteiger partial charge >= 0.3 is 5.97 Å². The summed E-state index contributed by atoms with van der Waals surface area (Å²) in [7, 11) is 0. The molecule has 6 nitrogen and oxygen atoms in total.